The number of benzene rings is 2. The van der Waals surface area contributed by atoms with Crippen LogP contribution in [-0.2, 0) is 20.0 Å². The number of sulfonamides is 2. The molecular weight excluding hydrogens is 367 g/mol. The number of hydrogen-bond acceptors (Lipinski definition) is 4. The van der Waals surface area contributed by atoms with E-state index in [-0.39, 0.29) is 5.39 Å². The summed E-state index contributed by atoms with van der Waals surface area (Å²) in [5.74, 6) is 0. The van der Waals surface area contributed by atoms with Gasteiger partial charge in [0.15, 0.2) is 0 Å². The van der Waals surface area contributed by atoms with Gasteiger partial charge < -0.3 is 0 Å². The Kier molecular flexibility index (Phi) is 4.51. The van der Waals surface area contributed by atoms with E-state index in [1.54, 1.807) is 12.1 Å². The quantitative estimate of drug-likeness (QED) is 0.819. The number of rotatable bonds is 4. The molecule has 0 atom stereocenters. The van der Waals surface area contributed by atoms with Crippen LogP contribution < -0.4 is 0 Å². The summed E-state index contributed by atoms with van der Waals surface area (Å²) in [7, 11) is -10.6. The molecule has 10 heteroatoms. The molecular formula is C14H12F3NO4S2. The van der Waals surface area contributed by atoms with Crippen molar-refractivity contribution in [3.05, 3.63) is 48.5 Å². The normalized spacial score (nSPS) is 13.4. The summed E-state index contributed by atoms with van der Waals surface area (Å²) in [4.78, 5) is -0.543. The lowest BCUT2D eigenvalue weighted by Crippen LogP contribution is -2.41. The summed E-state index contributed by atoms with van der Waals surface area (Å²) in [5, 5.41) is 0.519. The largest absolute Gasteiger partial charge is 0.512 e. The van der Waals surface area contributed by atoms with Crippen LogP contribution in [0.4, 0.5) is 13.2 Å². The Labute approximate surface area is 137 Å². The Bertz CT molecular complexity index is 1010. The van der Waals surface area contributed by atoms with Crippen molar-refractivity contribution >= 4 is 36.9 Å². The van der Waals surface area contributed by atoms with E-state index in [4.69, 9.17) is 0 Å². The predicted molar refractivity (Wildman–Crippen MR) is 84.0 cm³/mol. The third kappa shape index (κ3) is 2.80. The first-order chi connectivity index (χ1) is 10.9. The molecule has 0 saturated heterocycles. The molecule has 2 aromatic rings. The molecule has 0 aliphatic rings. The minimum absolute atomic E-state index is 0.0964. The highest BCUT2D eigenvalue weighted by molar-refractivity contribution is 8.04. The maximum absolute atomic E-state index is 12.7. The Morgan fingerprint density at radius 1 is 1.00 bits per heavy atom. The van der Waals surface area contributed by atoms with Crippen molar-refractivity contribution in [3.63, 3.8) is 0 Å². The maximum atomic E-state index is 12.7. The highest BCUT2D eigenvalue weighted by Crippen LogP contribution is 2.33. The fraction of sp³-hybridized carbons (Fsp3) is 0.143. The van der Waals surface area contributed by atoms with Gasteiger partial charge in [-0.25, -0.2) is 16.8 Å². The van der Waals surface area contributed by atoms with Crippen LogP contribution in [0.5, 0.6) is 0 Å². The van der Waals surface area contributed by atoms with Crippen LogP contribution in [0.3, 0.4) is 0 Å². The lowest BCUT2D eigenvalue weighted by molar-refractivity contribution is -0.0465. The predicted octanol–water partition coefficient (Wildman–Crippen LogP) is 2.95. The van der Waals surface area contributed by atoms with E-state index in [9.17, 15) is 30.0 Å². The molecule has 2 rings (SSSR count). The van der Waals surface area contributed by atoms with Crippen LogP contribution in [0.25, 0.3) is 16.8 Å². The van der Waals surface area contributed by atoms with Gasteiger partial charge in [-0.05, 0) is 17.0 Å². The van der Waals surface area contributed by atoms with Gasteiger partial charge in [0.25, 0.3) is 10.0 Å². The second-order valence-corrected chi connectivity index (χ2v) is 8.87. The number of fused-ring (bicyclic) bond motifs is 1. The van der Waals surface area contributed by atoms with Gasteiger partial charge >= 0.3 is 15.5 Å². The lowest BCUT2D eigenvalue weighted by Gasteiger charge is -2.20. The maximum Gasteiger partial charge on any atom is 0.512 e. The van der Waals surface area contributed by atoms with Gasteiger partial charge in [-0.2, -0.15) is 13.2 Å². The third-order valence-electron chi connectivity index (χ3n) is 3.39. The summed E-state index contributed by atoms with van der Waals surface area (Å²) < 4.78 is 85.1. The molecule has 0 fully saturated rings. The minimum Gasteiger partial charge on any atom is -0.206 e. The molecule has 0 aliphatic heterocycles. The van der Waals surface area contributed by atoms with E-state index < -0.39 is 34.2 Å². The van der Waals surface area contributed by atoms with Crippen LogP contribution in [0.15, 0.2) is 47.9 Å². The number of hydrogen-bond donors (Lipinski definition) is 0. The fourth-order valence-corrected chi connectivity index (χ4v) is 4.90. The molecule has 0 radical (unpaired) electrons. The van der Waals surface area contributed by atoms with Crippen molar-refractivity contribution in [3.8, 4) is 0 Å². The van der Waals surface area contributed by atoms with Crippen molar-refractivity contribution in [2.75, 3.05) is 7.05 Å². The van der Waals surface area contributed by atoms with E-state index in [0.717, 1.165) is 6.07 Å². The Morgan fingerprint density at radius 2 is 1.54 bits per heavy atom. The van der Waals surface area contributed by atoms with E-state index in [1.165, 1.54) is 24.3 Å². The lowest BCUT2D eigenvalue weighted by atomic mass is 10.0. The number of halogens is 3. The average Bonchev–Trinajstić information content (AvgIpc) is 2.51. The zero-order chi connectivity index (χ0) is 18.3. The monoisotopic (exact) mass is 379 g/mol. The molecule has 0 spiro atoms. The van der Waals surface area contributed by atoms with Crippen molar-refractivity contribution in [1.82, 2.24) is 3.71 Å². The topological polar surface area (TPSA) is 71.5 Å². The van der Waals surface area contributed by atoms with Crippen LogP contribution in [0.1, 0.15) is 5.56 Å². The van der Waals surface area contributed by atoms with Crippen molar-refractivity contribution in [2.45, 2.75) is 10.4 Å². The fourth-order valence-electron chi connectivity index (χ4n) is 2.11. The van der Waals surface area contributed by atoms with Gasteiger partial charge in [0.2, 0.25) is 0 Å². The van der Waals surface area contributed by atoms with E-state index >= 15 is 0 Å². The Hall–Kier alpha value is -1.91. The second-order valence-electron chi connectivity index (χ2n) is 4.74. The summed E-state index contributed by atoms with van der Waals surface area (Å²) in [6.45, 7) is 3.58. The zero-order valence-corrected chi connectivity index (χ0v) is 13.9. The van der Waals surface area contributed by atoms with E-state index in [0.29, 0.717) is 18.0 Å². The van der Waals surface area contributed by atoms with E-state index in [2.05, 4.69) is 6.58 Å². The van der Waals surface area contributed by atoms with Gasteiger partial charge in [0, 0.05) is 12.4 Å². The van der Waals surface area contributed by atoms with Crippen molar-refractivity contribution in [1.29, 1.82) is 0 Å². The molecule has 0 unspecified atom stereocenters. The van der Waals surface area contributed by atoms with Crippen LogP contribution in [-0.4, -0.2) is 33.1 Å². The summed E-state index contributed by atoms with van der Waals surface area (Å²) in [5.41, 5.74) is -5.17. The first-order valence-corrected chi connectivity index (χ1v) is 9.27. The van der Waals surface area contributed by atoms with Gasteiger partial charge in [0.1, 0.15) is 0 Å². The third-order valence-corrected chi connectivity index (χ3v) is 7.41. The minimum atomic E-state index is -6.04. The molecule has 24 heavy (non-hydrogen) atoms. The molecule has 5 nitrogen and oxygen atoms in total. The smallest absolute Gasteiger partial charge is 0.206 e. The van der Waals surface area contributed by atoms with Crippen molar-refractivity contribution < 1.29 is 30.0 Å². The van der Waals surface area contributed by atoms with Gasteiger partial charge in [0.05, 0.1) is 4.90 Å². The highest BCUT2D eigenvalue weighted by Gasteiger charge is 2.52. The first-order valence-electron chi connectivity index (χ1n) is 6.39. The molecule has 0 amide bonds. The molecule has 0 aromatic heterocycles. The SMILES string of the molecule is C=Cc1ccc(S(=O)(=O)N(C)S(=O)(=O)C(F)(F)F)c2ccccc12. The highest BCUT2D eigenvalue weighted by atomic mass is 32.3. The zero-order valence-electron chi connectivity index (χ0n) is 12.3. The van der Waals surface area contributed by atoms with Crippen LogP contribution in [0.2, 0.25) is 0 Å². The molecule has 0 bridgehead atoms. The number of nitrogens with zero attached hydrogens (tertiary/aromatic N) is 1. The van der Waals surface area contributed by atoms with Crippen LogP contribution >= 0.6 is 0 Å². The summed E-state index contributed by atoms with van der Waals surface area (Å²) in [6.07, 6.45) is 1.45. The van der Waals surface area contributed by atoms with Gasteiger partial charge in [-0.15, -0.1) is 0 Å². The standard InChI is InChI=1S/C14H12F3NO4S2/c1-3-10-8-9-13(12-7-5-4-6-11(10)12)23(19,20)18(2)24(21,22)14(15,16)17/h3-9H,1H2,2H3. The first kappa shape index (κ1) is 18.4. The molecule has 130 valence electrons. The summed E-state index contributed by atoms with van der Waals surface area (Å²) >= 11 is 0. The Morgan fingerprint density at radius 3 is 2.04 bits per heavy atom. The van der Waals surface area contributed by atoms with Crippen molar-refractivity contribution in [2.24, 2.45) is 0 Å². The van der Waals surface area contributed by atoms with Crippen LogP contribution in [0, 0.1) is 0 Å². The molecule has 0 heterocycles. The summed E-state index contributed by atoms with van der Waals surface area (Å²) in [6, 6.07) is 8.44. The molecule has 0 N–H and O–H groups in total. The molecule has 0 saturated carbocycles. The number of alkyl halides is 3. The van der Waals surface area contributed by atoms with Gasteiger partial charge in [-0.3, -0.25) is 0 Å². The molecule has 0 aliphatic carbocycles. The molecule has 2 aromatic carbocycles. The Balaban J connectivity index is 2.77. The van der Waals surface area contributed by atoms with Gasteiger partial charge in [-0.1, -0.05) is 46.7 Å². The van der Waals surface area contributed by atoms with E-state index in [1.807, 2.05) is 0 Å². The average molecular weight is 379 g/mol. The second kappa shape index (κ2) is 5.87.